The number of amides is 1. The van der Waals surface area contributed by atoms with Crippen molar-refractivity contribution in [2.75, 3.05) is 23.8 Å². The molecule has 1 rings (SSSR count). The van der Waals surface area contributed by atoms with E-state index < -0.39 is 0 Å². The van der Waals surface area contributed by atoms with Crippen LogP contribution in [0.5, 0.6) is 0 Å². The number of aliphatic hydroxyl groups excluding tert-OH is 1. The summed E-state index contributed by atoms with van der Waals surface area (Å²) in [6.07, 6.45) is 2.13. The van der Waals surface area contributed by atoms with Gasteiger partial charge in [0.2, 0.25) is 6.41 Å². The van der Waals surface area contributed by atoms with E-state index in [-0.39, 0.29) is 6.61 Å². The molecule has 13 heavy (non-hydrogen) atoms. The highest BCUT2D eigenvalue weighted by Crippen LogP contribution is 2.07. The van der Waals surface area contributed by atoms with Crippen molar-refractivity contribution in [3.63, 3.8) is 0 Å². The number of hydrogen-bond donors (Lipinski definition) is 3. The highest BCUT2D eigenvalue weighted by atomic mass is 16.3. The molecule has 0 spiro atoms. The minimum absolute atomic E-state index is 0.0655. The van der Waals surface area contributed by atoms with Gasteiger partial charge in [0, 0.05) is 6.54 Å². The van der Waals surface area contributed by atoms with Gasteiger partial charge in [-0.2, -0.15) is 0 Å². The maximum absolute atomic E-state index is 10.0. The Morgan fingerprint density at radius 1 is 1.54 bits per heavy atom. The molecule has 5 nitrogen and oxygen atoms in total. The van der Waals surface area contributed by atoms with Gasteiger partial charge in [-0.25, -0.2) is 4.98 Å². The third-order valence-corrected chi connectivity index (χ3v) is 1.41. The van der Waals surface area contributed by atoms with Crippen LogP contribution in [0, 0.1) is 0 Å². The van der Waals surface area contributed by atoms with Crippen molar-refractivity contribution in [3.8, 4) is 0 Å². The van der Waals surface area contributed by atoms with Crippen molar-refractivity contribution in [3.05, 3.63) is 18.3 Å². The van der Waals surface area contributed by atoms with Crippen LogP contribution in [0.4, 0.5) is 11.5 Å². The van der Waals surface area contributed by atoms with Gasteiger partial charge < -0.3 is 15.7 Å². The molecule has 0 bridgehead atoms. The normalized spacial score (nSPS) is 9.31. The summed E-state index contributed by atoms with van der Waals surface area (Å²) in [5.41, 5.74) is 0.643. The Morgan fingerprint density at radius 3 is 2.92 bits per heavy atom. The summed E-state index contributed by atoms with van der Waals surface area (Å²) in [6.45, 7) is 0.531. The molecule has 1 amide bonds. The average Bonchev–Trinajstić information content (AvgIpc) is 2.17. The number of nitrogens with zero attached hydrogens (tertiary/aromatic N) is 1. The molecule has 0 saturated carbocycles. The van der Waals surface area contributed by atoms with E-state index in [4.69, 9.17) is 5.11 Å². The van der Waals surface area contributed by atoms with Crippen molar-refractivity contribution >= 4 is 17.9 Å². The number of rotatable bonds is 5. The van der Waals surface area contributed by atoms with Gasteiger partial charge in [0.1, 0.15) is 5.82 Å². The maximum Gasteiger partial charge on any atom is 0.211 e. The number of carbonyl (C=O) groups is 1. The van der Waals surface area contributed by atoms with Crippen molar-refractivity contribution in [2.24, 2.45) is 0 Å². The van der Waals surface area contributed by atoms with E-state index in [1.807, 2.05) is 0 Å². The van der Waals surface area contributed by atoms with Crippen LogP contribution in [-0.2, 0) is 4.79 Å². The molecule has 0 aliphatic carbocycles. The van der Waals surface area contributed by atoms with Crippen LogP contribution in [0.25, 0.3) is 0 Å². The molecule has 70 valence electrons. The molecule has 0 unspecified atom stereocenters. The highest BCUT2D eigenvalue weighted by molar-refractivity contribution is 5.70. The number of pyridine rings is 1. The van der Waals surface area contributed by atoms with Crippen LogP contribution >= 0.6 is 0 Å². The first-order valence-electron chi connectivity index (χ1n) is 3.88. The molecule has 0 aliphatic heterocycles. The van der Waals surface area contributed by atoms with Crippen LogP contribution in [0.1, 0.15) is 0 Å². The maximum atomic E-state index is 10.0. The van der Waals surface area contributed by atoms with Gasteiger partial charge in [0.05, 0.1) is 18.5 Å². The van der Waals surface area contributed by atoms with Gasteiger partial charge in [-0.3, -0.25) is 4.79 Å². The van der Waals surface area contributed by atoms with Crippen molar-refractivity contribution in [1.29, 1.82) is 0 Å². The fourth-order valence-electron chi connectivity index (χ4n) is 0.836. The first kappa shape index (κ1) is 9.47. The first-order chi connectivity index (χ1) is 6.36. The summed E-state index contributed by atoms with van der Waals surface area (Å²) in [5, 5.41) is 13.9. The fourth-order valence-corrected chi connectivity index (χ4v) is 0.836. The van der Waals surface area contributed by atoms with Crippen LogP contribution in [0.3, 0.4) is 0 Å². The average molecular weight is 181 g/mol. The minimum atomic E-state index is 0.0655. The number of carbonyl (C=O) groups excluding carboxylic acids is 1. The molecule has 0 aliphatic rings. The van der Waals surface area contributed by atoms with E-state index in [2.05, 4.69) is 15.6 Å². The standard InChI is InChI=1S/C8H11N3O2/c12-4-3-9-8-2-1-7(5-10-8)11-6-13/h1-2,5-6,12H,3-4H2,(H,9,10)(H,11,13). The lowest BCUT2D eigenvalue weighted by molar-refractivity contribution is -0.105. The van der Waals surface area contributed by atoms with E-state index in [1.54, 1.807) is 12.1 Å². The molecule has 1 heterocycles. The molecule has 1 aromatic heterocycles. The summed E-state index contributed by atoms with van der Waals surface area (Å²) in [6, 6.07) is 3.45. The molecule has 3 N–H and O–H groups in total. The summed E-state index contributed by atoms with van der Waals surface area (Å²) >= 11 is 0. The zero-order valence-electron chi connectivity index (χ0n) is 7.03. The van der Waals surface area contributed by atoms with Crippen molar-refractivity contribution in [2.45, 2.75) is 0 Å². The first-order valence-corrected chi connectivity index (χ1v) is 3.88. The van der Waals surface area contributed by atoms with E-state index in [9.17, 15) is 4.79 Å². The smallest absolute Gasteiger partial charge is 0.211 e. The Morgan fingerprint density at radius 2 is 2.38 bits per heavy atom. The monoisotopic (exact) mass is 181 g/mol. The second-order valence-electron chi connectivity index (χ2n) is 2.34. The molecule has 0 atom stereocenters. The highest BCUT2D eigenvalue weighted by Gasteiger charge is 1.92. The Balaban J connectivity index is 2.53. The predicted molar refractivity (Wildman–Crippen MR) is 49.5 cm³/mol. The zero-order valence-corrected chi connectivity index (χ0v) is 7.03. The van der Waals surface area contributed by atoms with Gasteiger partial charge in [-0.05, 0) is 12.1 Å². The Hall–Kier alpha value is -1.62. The van der Waals surface area contributed by atoms with Gasteiger partial charge >= 0.3 is 0 Å². The molecule has 0 fully saturated rings. The minimum Gasteiger partial charge on any atom is -0.395 e. The largest absolute Gasteiger partial charge is 0.395 e. The Labute approximate surface area is 75.8 Å². The summed E-state index contributed by atoms with van der Waals surface area (Å²) in [4.78, 5) is 14.0. The van der Waals surface area contributed by atoms with Crippen molar-refractivity contribution < 1.29 is 9.90 Å². The van der Waals surface area contributed by atoms with Gasteiger partial charge in [-0.1, -0.05) is 0 Å². The van der Waals surface area contributed by atoms with Gasteiger partial charge in [0.25, 0.3) is 0 Å². The summed E-state index contributed by atoms with van der Waals surface area (Å²) < 4.78 is 0. The third-order valence-electron chi connectivity index (χ3n) is 1.41. The van der Waals surface area contributed by atoms with E-state index >= 15 is 0 Å². The topological polar surface area (TPSA) is 74.2 Å². The fraction of sp³-hybridized carbons (Fsp3) is 0.250. The van der Waals surface area contributed by atoms with E-state index in [1.165, 1.54) is 6.20 Å². The number of aliphatic hydroxyl groups is 1. The van der Waals surface area contributed by atoms with Crippen LogP contribution < -0.4 is 10.6 Å². The van der Waals surface area contributed by atoms with Crippen LogP contribution in [-0.4, -0.2) is 29.7 Å². The molecule has 1 aromatic rings. The number of nitrogens with one attached hydrogen (secondary N) is 2. The molecular formula is C8H11N3O2. The van der Waals surface area contributed by atoms with Crippen LogP contribution in [0.15, 0.2) is 18.3 Å². The second-order valence-corrected chi connectivity index (χ2v) is 2.34. The number of anilines is 2. The second kappa shape index (κ2) is 5.10. The number of aromatic nitrogens is 1. The molecule has 0 aromatic carbocycles. The van der Waals surface area contributed by atoms with Crippen molar-refractivity contribution in [1.82, 2.24) is 4.98 Å². The van der Waals surface area contributed by atoms with Gasteiger partial charge in [0.15, 0.2) is 0 Å². The predicted octanol–water partition coefficient (Wildman–Crippen LogP) is 0.0541. The SMILES string of the molecule is O=CNc1ccc(NCCO)nc1. The molecular weight excluding hydrogens is 170 g/mol. The Kier molecular flexibility index (Phi) is 3.72. The zero-order chi connectivity index (χ0) is 9.52. The molecule has 0 saturated heterocycles. The number of hydrogen-bond acceptors (Lipinski definition) is 4. The van der Waals surface area contributed by atoms with Crippen LogP contribution in [0.2, 0.25) is 0 Å². The van der Waals surface area contributed by atoms with E-state index in [0.29, 0.717) is 24.5 Å². The lowest BCUT2D eigenvalue weighted by atomic mass is 10.4. The van der Waals surface area contributed by atoms with E-state index in [0.717, 1.165) is 0 Å². The molecule has 0 radical (unpaired) electrons. The third kappa shape index (κ3) is 3.08. The summed E-state index contributed by atoms with van der Waals surface area (Å²) in [7, 11) is 0. The molecule has 5 heteroatoms. The lowest BCUT2D eigenvalue weighted by Crippen LogP contribution is -2.06. The van der Waals surface area contributed by atoms with Gasteiger partial charge in [-0.15, -0.1) is 0 Å². The Bertz CT molecular complexity index is 261. The lowest BCUT2D eigenvalue weighted by Gasteiger charge is -2.03. The quantitative estimate of drug-likeness (QED) is 0.561. The summed E-state index contributed by atoms with van der Waals surface area (Å²) in [5.74, 6) is 0.672.